The minimum atomic E-state index is -1.34. The number of aromatic nitrogens is 1. The van der Waals surface area contributed by atoms with Crippen molar-refractivity contribution in [3.05, 3.63) is 29.8 Å². The van der Waals surface area contributed by atoms with Crippen molar-refractivity contribution >= 4 is 5.97 Å². The molecule has 0 fully saturated rings. The van der Waals surface area contributed by atoms with E-state index in [0.717, 1.165) is 18.2 Å². The van der Waals surface area contributed by atoms with Crippen LogP contribution in [0.3, 0.4) is 0 Å². The summed E-state index contributed by atoms with van der Waals surface area (Å²) in [5.41, 5.74) is -0.258. The predicted molar refractivity (Wildman–Crippen MR) is 52.2 cm³/mol. The molecule has 0 unspecified atom stereocenters. The maximum absolute atomic E-state index is 13.5. The molecule has 6 nitrogen and oxygen atoms in total. The summed E-state index contributed by atoms with van der Waals surface area (Å²) in [5, 5.41) is 30.1. The van der Waals surface area contributed by atoms with Gasteiger partial charge in [-0.2, -0.15) is 0 Å². The molecule has 17 heavy (non-hydrogen) atoms. The van der Waals surface area contributed by atoms with E-state index in [-0.39, 0.29) is 11.3 Å². The minimum absolute atomic E-state index is 0.0878. The number of hydrogen-bond donors (Lipinski definition) is 3. The maximum Gasteiger partial charge on any atom is 0.374 e. The maximum atomic E-state index is 13.5. The standard InChI is InChI=1S/C10H6FNO5/c11-8-4(1-2-6(13)9(8)14)5-3-7(10(15)16)17-12-5/h1-3,13-14H,(H,15,16). The second-order valence-corrected chi connectivity index (χ2v) is 3.18. The molecule has 3 N–H and O–H groups in total. The molecule has 0 atom stereocenters. The van der Waals surface area contributed by atoms with Crippen molar-refractivity contribution in [1.82, 2.24) is 5.16 Å². The summed E-state index contributed by atoms with van der Waals surface area (Å²) in [6, 6.07) is 3.22. The lowest BCUT2D eigenvalue weighted by Crippen LogP contribution is -1.91. The number of phenols is 2. The molecule has 0 aliphatic heterocycles. The number of phenolic OH excluding ortho intramolecular Hbond substituents is 2. The van der Waals surface area contributed by atoms with E-state index in [0.29, 0.717) is 0 Å². The zero-order valence-corrected chi connectivity index (χ0v) is 8.22. The summed E-state index contributed by atoms with van der Waals surface area (Å²) in [7, 11) is 0. The lowest BCUT2D eigenvalue weighted by atomic mass is 10.1. The highest BCUT2D eigenvalue weighted by molar-refractivity contribution is 5.85. The van der Waals surface area contributed by atoms with Crippen molar-refractivity contribution in [3.8, 4) is 22.8 Å². The zero-order chi connectivity index (χ0) is 12.6. The monoisotopic (exact) mass is 239 g/mol. The molecule has 0 bridgehead atoms. The van der Waals surface area contributed by atoms with Gasteiger partial charge in [0, 0.05) is 11.6 Å². The van der Waals surface area contributed by atoms with Crippen molar-refractivity contribution in [1.29, 1.82) is 0 Å². The highest BCUT2D eigenvalue weighted by Gasteiger charge is 2.18. The Kier molecular flexibility index (Phi) is 2.43. The van der Waals surface area contributed by atoms with Gasteiger partial charge >= 0.3 is 5.97 Å². The van der Waals surface area contributed by atoms with Crippen LogP contribution in [0.1, 0.15) is 10.6 Å². The van der Waals surface area contributed by atoms with Crippen LogP contribution < -0.4 is 0 Å². The number of halogens is 1. The first-order valence-corrected chi connectivity index (χ1v) is 4.41. The van der Waals surface area contributed by atoms with Crippen molar-refractivity contribution in [2.45, 2.75) is 0 Å². The van der Waals surface area contributed by atoms with Crippen LogP contribution in [0.5, 0.6) is 11.5 Å². The number of aromatic carboxylic acids is 1. The molecular formula is C10H6FNO5. The molecule has 0 aliphatic carbocycles. The molecule has 0 spiro atoms. The molecule has 2 aromatic rings. The average molecular weight is 239 g/mol. The third-order valence-corrected chi connectivity index (χ3v) is 2.09. The van der Waals surface area contributed by atoms with Gasteiger partial charge in [0.15, 0.2) is 17.3 Å². The van der Waals surface area contributed by atoms with E-state index in [1.807, 2.05) is 0 Å². The van der Waals surface area contributed by atoms with Crippen LogP contribution in [0.2, 0.25) is 0 Å². The molecule has 0 aliphatic rings. The molecule has 1 aromatic heterocycles. The number of carboxylic acids is 1. The molecule has 0 saturated heterocycles. The Bertz CT molecular complexity index is 592. The number of carbonyl (C=O) groups is 1. The van der Waals surface area contributed by atoms with Crippen LogP contribution in [-0.2, 0) is 0 Å². The van der Waals surface area contributed by atoms with E-state index < -0.39 is 29.0 Å². The zero-order valence-electron chi connectivity index (χ0n) is 8.22. The Balaban J connectivity index is 2.53. The molecule has 1 aromatic carbocycles. The quantitative estimate of drug-likeness (QED) is 0.687. The van der Waals surface area contributed by atoms with Gasteiger partial charge in [-0.1, -0.05) is 5.16 Å². The van der Waals surface area contributed by atoms with Crippen LogP contribution in [-0.4, -0.2) is 26.4 Å². The van der Waals surface area contributed by atoms with Crippen LogP contribution in [0.4, 0.5) is 4.39 Å². The van der Waals surface area contributed by atoms with Crippen LogP contribution in [0, 0.1) is 5.82 Å². The highest BCUT2D eigenvalue weighted by atomic mass is 19.1. The third kappa shape index (κ3) is 1.78. The summed E-state index contributed by atoms with van der Waals surface area (Å²) in [5.74, 6) is -4.44. The first-order chi connectivity index (χ1) is 8.00. The van der Waals surface area contributed by atoms with Crippen molar-refractivity contribution in [2.24, 2.45) is 0 Å². The Hall–Kier alpha value is -2.57. The summed E-state index contributed by atoms with van der Waals surface area (Å²) < 4.78 is 18.0. The molecule has 2 rings (SSSR count). The number of nitrogens with zero attached hydrogens (tertiary/aromatic N) is 1. The van der Waals surface area contributed by atoms with Crippen LogP contribution in [0.15, 0.2) is 22.7 Å². The van der Waals surface area contributed by atoms with E-state index >= 15 is 0 Å². The van der Waals surface area contributed by atoms with Gasteiger partial charge < -0.3 is 19.8 Å². The fourth-order valence-electron chi connectivity index (χ4n) is 1.26. The van der Waals surface area contributed by atoms with Gasteiger partial charge in [0.1, 0.15) is 5.69 Å². The topological polar surface area (TPSA) is 104 Å². The molecule has 7 heteroatoms. The normalized spacial score (nSPS) is 10.4. The fraction of sp³-hybridized carbons (Fsp3) is 0. The van der Waals surface area contributed by atoms with E-state index in [2.05, 4.69) is 9.68 Å². The molecule has 0 amide bonds. The van der Waals surface area contributed by atoms with Gasteiger partial charge in [-0.3, -0.25) is 0 Å². The summed E-state index contributed by atoms with van der Waals surface area (Å²) in [4.78, 5) is 10.5. The summed E-state index contributed by atoms with van der Waals surface area (Å²) in [6.07, 6.45) is 0. The highest BCUT2D eigenvalue weighted by Crippen LogP contribution is 2.34. The number of rotatable bonds is 2. The second kappa shape index (κ2) is 3.78. The first kappa shape index (κ1) is 10.9. The number of hydrogen-bond acceptors (Lipinski definition) is 5. The largest absolute Gasteiger partial charge is 0.504 e. The second-order valence-electron chi connectivity index (χ2n) is 3.18. The van der Waals surface area contributed by atoms with Crippen molar-refractivity contribution in [2.75, 3.05) is 0 Å². The molecule has 88 valence electrons. The molecular weight excluding hydrogens is 233 g/mol. The molecule has 0 saturated carbocycles. The van der Waals surface area contributed by atoms with Crippen LogP contribution in [0.25, 0.3) is 11.3 Å². The van der Waals surface area contributed by atoms with E-state index in [4.69, 9.17) is 15.3 Å². The van der Waals surface area contributed by atoms with E-state index in [9.17, 15) is 9.18 Å². The van der Waals surface area contributed by atoms with Crippen LogP contribution >= 0.6 is 0 Å². The lowest BCUT2D eigenvalue weighted by Gasteiger charge is -2.02. The number of benzene rings is 1. The number of carboxylic acid groups (broad SMARTS) is 1. The minimum Gasteiger partial charge on any atom is -0.504 e. The van der Waals surface area contributed by atoms with Gasteiger partial charge in [0.25, 0.3) is 0 Å². The fourth-order valence-corrected chi connectivity index (χ4v) is 1.26. The number of aromatic hydroxyl groups is 2. The Morgan fingerprint density at radius 3 is 2.65 bits per heavy atom. The Morgan fingerprint density at radius 2 is 2.06 bits per heavy atom. The van der Waals surface area contributed by atoms with Crippen molar-refractivity contribution < 1.29 is 29.0 Å². The van der Waals surface area contributed by atoms with Crippen molar-refractivity contribution in [3.63, 3.8) is 0 Å². The van der Waals surface area contributed by atoms with Gasteiger partial charge in [0.05, 0.1) is 0 Å². The smallest absolute Gasteiger partial charge is 0.374 e. The van der Waals surface area contributed by atoms with E-state index in [1.165, 1.54) is 0 Å². The first-order valence-electron chi connectivity index (χ1n) is 4.41. The lowest BCUT2D eigenvalue weighted by molar-refractivity contribution is 0.0652. The molecule has 1 heterocycles. The Labute approximate surface area is 93.5 Å². The van der Waals surface area contributed by atoms with Gasteiger partial charge in [0.2, 0.25) is 5.76 Å². The van der Waals surface area contributed by atoms with Gasteiger partial charge in [-0.25, -0.2) is 9.18 Å². The SMILES string of the molecule is O=C(O)c1cc(-c2ccc(O)c(O)c2F)no1. The molecule has 0 radical (unpaired) electrons. The third-order valence-electron chi connectivity index (χ3n) is 2.09. The Morgan fingerprint density at radius 1 is 1.35 bits per heavy atom. The van der Waals surface area contributed by atoms with Gasteiger partial charge in [-0.05, 0) is 12.1 Å². The summed E-state index contributed by atoms with van der Waals surface area (Å²) in [6.45, 7) is 0. The summed E-state index contributed by atoms with van der Waals surface area (Å²) >= 11 is 0. The van der Waals surface area contributed by atoms with E-state index in [1.54, 1.807) is 0 Å². The average Bonchev–Trinajstić information content (AvgIpc) is 2.75. The van der Waals surface area contributed by atoms with Gasteiger partial charge in [-0.15, -0.1) is 0 Å². The predicted octanol–water partition coefficient (Wildman–Crippen LogP) is 1.59.